The molecule has 4 bridgehead atoms. The maximum Gasteiger partial charge on any atom is 0.0881 e. The molecule has 7 rings (SSSR count). The summed E-state index contributed by atoms with van der Waals surface area (Å²) in [5.41, 5.74) is 0.699. The van der Waals surface area contributed by atoms with E-state index in [1.807, 2.05) is 0 Å². The number of allylic oxidation sites excluding steroid dienone is 1. The molecule has 12 atom stereocenters. The molecular weight excluding hydrogens is 420 g/mol. The zero-order valence-corrected chi connectivity index (χ0v) is 21.2. The number of aliphatic hydroxyl groups excluding tert-OH is 1. The van der Waals surface area contributed by atoms with Crippen LogP contribution >= 0.6 is 11.6 Å². The first-order chi connectivity index (χ1) is 15.0. The summed E-state index contributed by atoms with van der Waals surface area (Å²) in [6.45, 7) is 13.5. The van der Waals surface area contributed by atoms with Crippen LogP contribution in [0.3, 0.4) is 0 Å². The van der Waals surface area contributed by atoms with Gasteiger partial charge in [0.1, 0.15) is 0 Å². The van der Waals surface area contributed by atoms with E-state index in [9.17, 15) is 10.2 Å². The molecule has 0 aromatic carbocycles. The van der Waals surface area contributed by atoms with E-state index in [0.29, 0.717) is 35.7 Å². The van der Waals surface area contributed by atoms with E-state index >= 15 is 0 Å². The zero-order chi connectivity index (χ0) is 22.8. The summed E-state index contributed by atoms with van der Waals surface area (Å²) < 4.78 is 6.88. The predicted molar refractivity (Wildman–Crippen MR) is 127 cm³/mol. The third-order valence-corrected chi connectivity index (χ3v) is 12.7. The van der Waals surface area contributed by atoms with E-state index in [2.05, 4.69) is 34.3 Å². The topological polar surface area (TPSA) is 49.7 Å². The van der Waals surface area contributed by atoms with Crippen LogP contribution in [-0.4, -0.2) is 39.0 Å². The predicted octanol–water partition coefficient (Wildman–Crippen LogP) is 5.71. The normalized spacial score (nSPS) is 59.9. The summed E-state index contributed by atoms with van der Waals surface area (Å²) in [4.78, 5) is 0. The number of ether oxygens (including phenoxy) is 1. The van der Waals surface area contributed by atoms with Gasteiger partial charge in [-0.3, -0.25) is 0 Å². The zero-order valence-electron chi connectivity index (χ0n) is 20.4. The van der Waals surface area contributed by atoms with Crippen LogP contribution in [0.1, 0.15) is 85.5 Å². The number of hydrogen-bond acceptors (Lipinski definition) is 3. The van der Waals surface area contributed by atoms with E-state index in [1.54, 1.807) is 0 Å². The molecule has 4 heteroatoms. The molecule has 1 aliphatic heterocycles. The first kappa shape index (κ1) is 22.4. The lowest BCUT2D eigenvalue weighted by Crippen LogP contribution is -2.75. The molecule has 180 valence electrons. The molecule has 0 aromatic rings. The van der Waals surface area contributed by atoms with Crippen LogP contribution in [-0.2, 0) is 4.74 Å². The van der Waals surface area contributed by atoms with Gasteiger partial charge in [-0.1, -0.05) is 32.9 Å². The van der Waals surface area contributed by atoms with Crippen molar-refractivity contribution in [1.29, 1.82) is 0 Å². The number of hydrogen-bond donors (Lipinski definition) is 2. The minimum Gasteiger partial charge on any atom is -0.393 e. The van der Waals surface area contributed by atoms with E-state index in [0.717, 1.165) is 44.9 Å². The Morgan fingerprint density at radius 2 is 1.88 bits per heavy atom. The summed E-state index contributed by atoms with van der Waals surface area (Å²) >= 11 is 7.15. The van der Waals surface area contributed by atoms with E-state index in [4.69, 9.17) is 16.3 Å². The molecule has 2 N–H and O–H groups in total. The van der Waals surface area contributed by atoms with Crippen molar-refractivity contribution in [3.8, 4) is 0 Å². The number of fused-ring (bicyclic) bond motifs is 3. The van der Waals surface area contributed by atoms with Gasteiger partial charge in [0.15, 0.2) is 0 Å². The van der Waals surface area contributed by atoms with Gasteiger partial charge in [-0.25, -0.2) is 0 Å². The van der Waals surface area contributed by atoms with Gasteiger partial charge in [0.2, 0.25) is 0 Å². The summed E-state index contributed by atoms with van der Waals surface area (Å²) in [5, 5.41) is 22.7. The molecular formula is C28H43ClO3. The molecule has 0 amide bonds. The van der Waals surface area contributed by atoms with Gasteiger partial charge in [0.05, 0.1) is 28.8 Å². The Morgan fingerprint density at radius 3 is 2.59 bits per heavy atom. The van der Waals surface area contributed by atoms with Crippen LogP contribution in [0.4, 0.5) is 0 Å². The fourth-order valence-corrected chi connectivity index (χ4v) is 11.0. The van der Waals surface area contributed by atoms with E-state index in [1.165, 1.54) is 18.4 Å². The van der Waals surface area contributed by atoms with Crippen molar-refractivity contribution in [2.75, 3.05) is 0 Å². The van der Waals surface area contributed by atoms with Gasteiger partial charge in [0, 0.05) is 11.3 Å². The Bertz CT molecular complexity index is 827. The molecule has 11 unspecified atom stereocenters. The molecule has 1 saturated heterocycles. The van der Waals surface area contributed by atoms with Crippen LogP contribution in [0.15, 0.2) is 12.2 Å². The van der Waals surface area contributed by atoms with Crippen molar-refractivity contribution in [2.24, 2.45) is 46.3 Å². The van der Waals surface area contributed by atoms with Crippen molar-refractivity contribution in [3.05, 3.63) is 12.2 Å². The summed E-state index contributed by atoms with van der Waals surface area (Å²) in [5.74, 6) is 2.54. The Balaban J connectivity index is 1.30. The van der Waals surface area contributed by atoms with Crippen molar-refractivity contribution in [1.82, 2.24) is 0 Å². The van der Waals surface area contributed by atoms with Crippen LogP contribution in [0.5, 0.6) is 0 Å². The third-order valence-electron chi connectivity index (χ3n) is 12.2. The van der Waals surface area contributed by atoms with Gasteiger partial charge < -0.3 is 14.9 Å². The molecule has 0 radical (unpaired) electrons. The third kappa shape index (κ3) is 2.45. The minimum atomic E-state index is -0.778. The summed E-state index contributed by atoms with van der Waals surface area (Å²) in [6, 6.07) is 0. The highest BCUT2D eigenvalue weighted by Crippen LogP contribution is 2.83. The van der Waals surface area contributed by atoms with Crippen LogP contribution in [0.2, 0.25) is 0 Å². The van der Waals surface area contributed by atoms with Crippen molar-refractivity contribution in [3.63, 3.8) is 0 Å². The van der Waals surface area contributed by atoms with Crippen LogP contribution in [0, 0.1) is 46.3 Å². The van der Waals surface area contributed by atoms with Gasteiger partial charge in [-0.15, -0.1) is 11.6 Å². The van der Waals surface area contributed by atoms with Gasteiger partial charge >= 0.3 is 0 Å². The minimum absolute atomic E-state index is 0.0885. The molecule has 32 heavy (non-hydrogen) atoms. The summed E-state index contributed by atoms with van der Waals surface area (Å²) in [6.07, 6.45) is 9.29. The first-order valence-corrected chi connectivity index (χ1v) is 13.8. The molecule has 6 saturated carbocycles. The van der Waals surface area contributed by atoms with Crippen LogP contribution < -0.4 is 0 Å². The number of alkyl halides is 1. The molecule has 1 spiro atoms. The van der Waals surface area contributed by atoms with Gasteiger partial charge in [-0.05, 0) is 99.7 Å². The highest BCUT2D eigenvalue weighted by atomic mass is 35.5. The Morgan fingerprint density at radius 1 is 1.12 bits per heavy atom. The Hall–Kier alpha value is -0.0900. The molecule has 3 nitrogen and oxygen atoms in total. The second-order valence-electron chi connectivity index (χ2n) is 13.5. The molecule has 6 aliphatic carbocycles. The highest BCUT2D eigenvalue weighted by molar-refractivity contribution is 6.21. The SMILES string of the molecule is C=C(CCC1(C)OC2C3CC1C21CCC2C(O)(C(Cl)C[C@H]4CC(O)CCC24C)C31)C(C)C. The number of aliphatic hydroxyl groups is 2. The number of halogens is 1. The maximum absolute atomic E-state index is 12.6. The quantitative estimate of drug-likeness (QED) is 0.415. The standard InChI is InChI=1S/C28H43ClO3/c1-15(2)16(3)6-10-26(5)21-14-19-23-27(21,24(19)32-26)11-8-20-25(4)9-7-18(30)12-17(25)13-22(29)28(20,23)31/h15,17-24,30-31H,3,6-14H2,1-2,4-5H3/t17-,18?,19?,20?,21?,22?,23?,24?,25?,26?,27?,28?/m1/s1. The largest absolute Gasteiger partial charge is 0.393 e. The lowest BCUT2D eigenvalue weighted by molar-refractivity contribution is -0.289. The molecule has 7 aliphatic rings. The lowest BCUT2D eigenvalue weighted by Gasteiger charge is -2.70. The first-order valence-electron chi connectivity index (χ1n) is 13.4. The van der Waals surface area contributed by atoms with E-state index in [-0.39, 0.29) is 33.8 Å². The Labute approximate surface area is 199 Å². The fraction of sp³-hybridized carbons (Fsp3) is 0.929. The molecule has 7 fully saturated rings. The molecule has 1 heterocycles. The Kier molecular flexibility index (Phi) is 4.73. The van der Waals surface area contributed by atoms with Gasteiger partial charge in [0.25, 0.3) is 0 Å². The van der Waals surface area contributed by atoms with Crippen LogP contribution in [0.25, 0.3) is 0 Å². The van der Waals surface area contributed by atoms with Crippen molar-refractivity contribution in [2.45, 2.75) is 114 Å². The average molecular weight is 463 g/mol. The number of rotatable bonds is 4. The second kappa shape index (κ2) is 6.77. The monoisotopic (exact) mass is 462 g/mol. The second-order valence-corrected chi connectivity index (χ2v) is 14.0. The van der Waals surface area contributed by atoms with Crippen molar-refractivity contribution < 1.29 is 14.9 Å². The van der Waals surface area contributed by atoms with Crippen molar-refractivity contribution >= 4 is 11.6 Å². The maximum atomic E-state index is 12.6. The highest BCUT2D eigenvalue weighted by Gasteiger charge is 2.86. The molecule has 0 aromatic heterocycles. The lowest BCUT2D eigenvalue weighted by atomic mass is 9.37. The average Bonchev–Trinajstić information content (AvgIpc) is 3.30. The smallest absolute Gasteiger partial charge is 0.0881 e. The van der Waals surface area contributed by atoms with Gasteiger partial charge in [-0.2, -0.15) is 0 Å². The van der Waals surface area contributed by atoms with E-state index < -0.39 is 5.60 Å². The fourth-order valence-electron chi connectivity index (χ4n) is 10.5. The summed E-state index contributed by atoms with van der Waals surface area (Å²) in [7, 11) is 0.